The van der Waals surface area contributed by atoms with Gasteiger partial charge in [0.15, 0.2) is 16.7 Å². The molecule has 0 radical (unpaired) electrons. The van der Waals surface area contributed by atoms with Crippen LogP contribution in [0.1, 0.15) is 13.8 Å². The number of rotatable bonds is 7. The molecule has 162 valence electrons. The monoisotopic (exact) mass is 461 g/mol. The molecule has 11 heteroatoms. The number of hydrogen-bond acceptors (Lipinski definition) is 7. The van der Waals surface area contributed by atoms with Crippen LogP contribution < -0.4 is 10.3 Å². The first-order chi connectivity index (χ1) is 14.7. The fraction of sp³-hybridized carbons (Fsp3) is 0.350. The zero-order valence-corrected chi connectivity index (χ0v) is 18.4. The lowest BCUT2D eigenvalue weighted by Crippen LogP contribution is -2.63. The number of amides is 2. The van der Waals surface area contributed by atoms with Crippen LogP contribution in [-0.2, 0) is 20.9 Å². The molecule has 1 saturated heterocycles. The van der Waals surface area contributed by atoms with Crippen LogP contribution in [0.25, 0.3) is 11.3 Å². The first-order valence-electron chi connectivity index (χ1n) is 9.58. The third kappa shape index (κ3) is 3.73. The van der Waals surface area contributed by atoms with Crippen LogP contribution in [0.3, 0.4) is 0 Å². The summed E-state index contributed by atoms with van der Waals surface area (Å²) in [5, 5.41) is 21.6. The molecule has 2 aromatic heterocycles. The molecule has 9 nitrogen and oxygen atoms in total. The highest BCUT2D eigenvalue weighted by atomic mass is 32.2. The van der Waals surface area contributed by atoms with Gasteiger partial charge < -0.3 is 20.8 Å². The number of β-lactam (4-membered cyclic amide) rings is 1. The maximum Gasteiger partial charge on any atom is 0.353 e. The smallest absolute Gasteiger partial charge is 0.353 e. The average Bonchev–Trinajstić information content (AvgIpc) is 3.24. The summed E-state index contributed by atoms with van der Waals surface area (Å²) < 4.78 is 2.32. The standard InChI is InChI=1S/C20H20N4O5S2/c1-9-15-14(10(2)25)18(27)24(15)16(19(28)29)17(9)31-20-22-12(8-30-20)11-3-5-23(6-4-11)7-13(21)26/h3-6,8-10,14-15,25H,7H2,1-2H3,(H2-,21,26,28,29)/p+1. The van der Waals surface area contributed by atoms with Crippen LogP contribution in [0.2, 0.25) is 0 Å². The van der Waals surface area contributed by atoms with Crippen molar-refractivity contribution in [2.24, 2.45) is 17.6 Å². The van der Waals surface area contributed by atoms with E-state index in [-0.39, 0.29) is 30.1 Å². The Morgan fingerprint density at radius 2 is 2.06 bits per heavy atom. The number of nitrogens with zero attached hydrogens (tertiary/aromatic N) is 3. The van der Waals surface area contributed by atoms with Gasteiger partial charge in [0, 0.05) is 33.9 Å². The lowest BCUT2D eigenvalue weighted by atomic mass is 9.79. The van der Waals surface area contributed by atoms with Gasteiger partial charge in [-0.2, -0.15) is 4.57 Å². The third-order valence-corrected chi connectivity index (χ3v) is 7.74. The number of carboxylic acid groups (broad SMARTS) is 1. The number of carbonyl (C=O) groups is 3. The van der Waals surface area contributed by atoms with E-state index in [1.807, 2.05) is 24.4 Å². The second-order valence-electron chi connectivity index (χ2n) is 7.60. The van der Waals surface area contributed by atoms with Crippen molar-refractivity contribution >= 4 is 40.9 Å². The van der Waals surface area contributed by atoms with Crippen LogP contribution >= 0.6 is 23.1 Å². The summed E-state index contributed by atoms with van der Waals surface area (Å²) in [7, 11) is 0. The van der Waals surface area contributed by atoms with E-state index in [9.17, 15) is 24.6 Å². The van der Waals surface area contributed by atoms with Gasteiger partial charge in [-0.1, -0.05) is 18.7 Å². The number of primary amides is 1. The van der Waals surface area contributed by atoms with Gasteiger partial charge >= 0.3 is 5.97 Å². The lowest BCUT2D eigenvalue weighted by Gasteiger charge is -2.46. The molecule has 0 spiro atoms. The minimum absolute atomic E-state index is 0.0200. The second-order valence-corrected chi connectivity index (χ2v) is 9.75. The molecule has 4 unspecified atom stereocenters. The highest BCUT2D eigenvalue weighted by Crippen LogP contribution is 2.52. The zero-order chi connectivity index (χ0) is 22.4. The van der Waals surface area contributed by atoms with Crippen LogP contribution in [0, 0.1) is 11.8 Å². The summed E-state index contributed by atoms with van der Waals surface area (Å²) >= 11 is 2.63. The molecule has 31 heavy (non-hydrogen) atoms. The van der Waals surface area contributed by atoms with Crippen LogP contribution in [0.5, 0.6) is 0 Å². The molecule has 0 saturated carbocycles. The van der Waals surface area contributed by atoms with Crippen molar-refractivity contribution in [3.05, 3.63) is 40.5 Å². The van der Waals surface area contributed by atoms with E-state index in [1.54, 1.807) is 23.9 Å². The van der Waals surface area contributed by atoms with Crippen molar-refractivity contribution < 1.29 is 29.2 Å². The number of aromatic nitrogens is 2. The van der Waals surface area contributed by atoms with Crippen LogP contribution in [0.15, 0.2) is 44.8 Å². The average molecular weight is 462 g/mol. The third-order valence-electron chi connectivity index (χ3n) is 5.52. The molecule has 2 aliphatic rings. The quantitative estimate of drug-likeness (QED) is 0.410. The highest BCUT2D eigenvalue weighted by Gasteiger charge is 2.60. The van der Waals surface area contributed by atoms with Crippen molar-refractivity contribution in [1.82, 2.24) is 9.88 Å². The number of thiazole rings is 1. The van der Waals surface area contributed by atoms with Gasteiger partial charge in [0.2, 0.25) is 12.5 Å². The summed E-state index contributed by atoms with van der Waals surface area (Å²) in [5.41, 5.74) is 6.75. The van der Waals surface area contributed by atoms with Crippen LogP contribution in [-0.4, -0.2) is 50.0 Å². The number of carbonyl (C=O) groups excluding carboxylic acids is 2. The Balaban J connectivity index is 1.57. The van der Waals surface area contributed by atoms with Gasteiger partial charge in [-0.3, -0.25) is 9.59 Å². The lowest BCUT2D eigenvalue weighted by molar-refractivity contribution is -0.684. The normalized spacial score (nSPS) is 23.5. The number of fused-ring (bicyclic) bond motifs is 1. The number of pyridine rings is 1. The molecule has 2 amide bonds. The predicted molar refractivity (Wildman–Crippen MR) is 112 cm³/mol. The molecule has 2 aliphatic heterocycles. The summed E-state index contributed by atoms with van der Waals surface area (Å²) in [6, 6.07) is 3.30. The Bertz CT molecular complexity index is 1100. The molecule has 4 N–H and O–H groups in total. The van der Waals surface area contributed by atoms with E-state index in [2.05, 4.69) is 4.98 Å². The van der Waals surface area contributed by atoms with Crippen molar-refractivity contribution in [2.45, 2.75) is 36.9 Å². The van der Waals surface area contributed by atoms with Crippen molar-refractivity contribution in [3.63, 3.8) is 0 Å². The highest BCUT2D eigenvalue weighted by molar-refractivity contribution is 8.04. The summed E-state index contributed by atoms with van der Waals surface area (Å²) in [5.74, 6) is -2.75. The Kier molecular flexibility index (Phi) is 5.58. The Morgan fingerprint density at radius 1 is 1.39 bits per heavy atom. The summed E-state index contributed by atoms with van der Waals surface area (Å²) in [6.07, 6.45) is 2.64. The molecule has 2 aromatic rings. The van der Waals surface area contributed by atoms with Gasteiger partial charge in [0.05, 0.1) is 23.8 Å². The number of hydrogen-bond donors (Lipinski definition) is 3. The Hall–Kier alpha value is -2.76. The number of aliphatic hydroxyl groups is 1. The Morgan fingerprint density at radius 3 is 2.65 bits per heavy atom. The molecule has 4 atom stereocenters. The first-order valence-corrected chi connectivity index (χ1v) is 11.3. The van der Waals surface area contributed by atoms with Crippen molar-refractivity contribution in [3.8, 4) is 11.3 Å². The number of thioether (sulfide) groups is 1. The number of aliphatic hydroxyl groups excluding tert-OH is 1. The molecule has 4 rings (SSSR count). The maximum absolute atomic E-state index is 12.4. The molecular weight excluding hydrogens is 440 g/mol. The van der Waals surface area contributed by atoms with Gasteiger partial charge in [0.1, 0.15) is 5.70 Å². The SMILES string of the molecule is CC(O)C1C(=O)N2C(C(=O)O)=C(Sc3nc(-c4cc[n+](CC(N)=O)cc4)cs3)C(C)C12. The fourth-order valence-corrected chi connectivity index (χ4v) is 6.20. The largest absolute Gasteiger partial charge is 0.477 e. The van der Waals surface area contributed by atoms with E-state index in [0.29, 0.717) is 9.24 Å². The second kappa shape index (κ2) is 8.06. The van der Waals surface area contributed by atoms with E-state index in [1.165, 1.54) is 28.0 Å². The molecule has 0 bridgehead atoms. The number of carboxylic acids is 1. The first kappa shape index (κ1) is 21.5. The van der Waals surface area contributed by atoms with E-state index >= 15 is 0 Å². The van der Waals surface area contributed by atoms with Gasteiger partial charge in [-0.15, -0.1) is 11.3 Å². The fourth-order valence-electron chi connectivity index (χ4n) is 4.10. The maximum atomic E-state index is 12.4. The zero-order valence-electron chi connectivity index (χ0n) is 16.8. The number of nitrogens with two attached hydrogens (primary N) is 1. The van der Waals surface area contributed by atoms with Gasteiger partial charge in [-0.25, -0.2) is 9.78 Å². The molecule has 1 fully saturated rings. The number of aliphatic carboxylic acids is 1. The van der Waals surface area contributed by atoms with E-state index in [0.717, 1.165) is 11.3 Å². The molecule has 0 aliphatic carbocycles. The van der Waals surface area contributed by atoms with E-state index < -0.39 is 23.9 Å². The Labute approximate surface area is 186 Å². The van der Waals surface area contributed by atoms with E-state index in [4.69, 9.17) is 5.73 Å². The van der Waals surface area contributed by atoms with Crippen LogP contribution in [0.4, 0.5) is 0 Å². The van der Waals surface area contributed by atoms with Crippen molar-refractivity contribution in [1.29, 1.82) is 0 Å². The minimum atomic E-state index is -1.16. The van der Waals surface area contributed by atoms with Gasteiger partial charge in [0.25, 0.3) is 5.91 Å². The summed E-state index contributed by atoms with van der Waals surface area (Å²) in [6.45, 7) is 3.52. The molecule has 0 aromatic carbocycles. The predicted octanol–water partition coefficient (Wildman–Crippen LogP) is 0.829. The molecular formula is C20H21N4O5S2+. The minimum Gasteiger partial charge on any atom is -0.477 e. The molecule has 4 heterocycles. The topological polar surface area (TPSA) is 138 Å². The summed E-state index contributed by atoms with van der Waals surface area (Å²) in [4.78, 5) is 41.9. The van der Waals surface area contributed by atoms with Gasteiger partial charge in [-0.05, 0) is 6.92 Å². The van der Waals surface area contributed by atoms with Crippen molar-refractivity contribution in [2.75, 3.05) is 0 Å².